The summed E-state index contributed by atoms with van der Waals surface area (Å²) in [6.07, 6.45) is 0. The number of aliphatic hydroxyl groups is 1. The molecule has 2 N–H and O–H groups in total. The van der Waals surface area contributed by atoms with Gasteiger partial charge in [-0.05, 0) is 43.4 Å². The van der Waals surface area contributed by atoms with Crippen molar-refractivity contribution in [1.29, 1.82) is 0 Å². The molecule has 2 rings (SSSR count). The molecular weight excluding hydrogens is 246 g/mol. The first-order chi connectivity index (χ1) is 11.9. The second kappa shape index (κ2) is 5.68. The first-order valence-corrected chi connectivity index (χ1v) is 6.57. The van der Waals surface area contributed by atoms with Gasteiger partial charge < -0.3 is 10.4 Å². The summed E-state index contributed by atoms with van der Waals surface area (Å²) in [4.78, 5) is 0. The molecular formula is C18H23NO. The van der Waals surface area contributed by atoms with Crippen molar-refractivity contribution < 1.29 is 13.3 Å². The van der Waals surface area contributed by atoms with Crippen LogP contribution in [0.2, 0.25) is 0 Å². The number of benzene rings is 2. The molecule has 0 heterocycles. The van der Waals surface area contributed by atoms with Gasteiger partial charge in [0.1, 0.15) is 0 Å². The minimum absolute atomic E-state index is 0.187. The van der Waals surface area contributed by atoms with Crippen LogP contribution in [0.5, 0.6) is 0 Å². The molecule has 0 spiro atoms. The van der Waals surface area contributed by atoms with Crippen LogP contribution < -0.4 is 5.32 Å². The lowest BCUT2D eigenvalue weighted by molar-refractivity contribution is 0.0794. The molecule has 0 amide bonds. The Morgan fingerprint density at radius 2 is 1.70 bits per heavy atom. The lowest BCUT2D eigenvalue weighted by Gasteiger charge is -2.22. The Labute approximate surface area is 129 Å². The molecule has 2 heteroatoms. The number of anilines is 2. The molecule has 0 atom stereocenters. The van der Waals surface area contributed by atoms with E-state index in [4.69, 9.17) is 8.22 Å². The first kappa shape index (κ1) is 8.48. The van der Waals surface area contributed by atoms with Gasteiger partial charge in [-0.3, -0.25) is 0 Å². The summed E-state index contributed by atoms with van der Waals surface area (Å²) >= 11 is 0. The van der Waals surface area contributed by atoms with E-state index in [9.17, 15) is 5.11 Å². The molecule has 0 aliphatic rings. The van der Waals surface area contributed by atoms with Gasteiger partial charge in [-0.1, -0.05) is 44.2 Å². The van der Waals surface area contributed by atoms with Crippen molar-refractivity contribution in [2.24, 2.45) is 0 Å². The van der Waals surface area contributed by atoms with E-state index in [0.29, 0.717) is 11.6 Å². The number of nitrogens with one attached hydrogen (secondary N) is 1. The maximum Gasteiger partial charge on any atom is 0.0860 e. The fraction of sp³-hybridized carbons (Fsp3) is 0.333. The molecule has 0 aliphatic carbocycles. The van der Waals surface area contributed by atoms with Crippen LogP contribution in [0.3, 0.4) is 0 Å². The zero-order valence-corrected chi connectivity index (χ0v) is 11.6. The minimum atomic E-state index is -3.13. The number of hydrogen-bond donors (Lipinski definition) is 2. The molecule has 0 saturated heterocycles. The van der Waals surface area contributed by atoms with Gasteiger partial charge >= 0.3 is 0 Å². The summed E-state index contributed by atoms with van der Waals surface area (Å²) in [5, 5.41) is 13.8. The number of para-hydroxylation sites is 1. The largest absolute Gasteiger partial charge is 0.386 e. The van der Waals surface area contributed by atoms with Crippen LogP contribution in [-0.4, -0.2) is 5.11 Å². The molecule has 0 bridgehead atoms. The molecule has 0 aromatic heterocycles. The Balaban J connectivity index is 2.50. The molecule has 0 saturated carbocycles. The van der Waals surface area contributed by atoms with Crippen molar-refractivity contribution in [2.75, 3.05) is 5.32 Å². The lowest BCUT2D eigenvalue weighted by atomic mass is 9.96. The van der Waals surface area contributed by atoms with Gasteiger partial charge in [0.05, 0.1) is 5.60 Å². The van der Waals surface area contributed by atoms with Gasteiger partial charge in [0.15, 0.2) is 0 Å². The molecule has 0 fully saturated rings. The van der Waals surface area contributed by atoms with E-state index in [0.717, 1.165) is 5.56 Å². The zero-order chi connectivity index (χ0) is 19.8. The van der Waals surface area contributed by atoms with Gasteiger partial charge in [-0.2, -0.15) is 0 Å². The molecule has 2 nitrogen and oxygen atoms in total. The smallest absolute Gasteiger partial charge is 0.0860 e. The van der Waals surface area contributed by atoms with E-state index < -0.39 is 19.3 Å². The summed E-state index contributed by atoms with van der Waals surface area (Å²) in [6, 6.07) is 13.6. The third-order valence-corrected chi connectivity index (χ3v) is 3.17. The van der Waals surface area contributed by atoms with Gasteiger partial charge in [0, 0.05) is 25.2 Å². The van der Waals surface area contributed by atoms with E-state index in [1.165, 1.54) is 12.1 Å². The van der Waals surface area contributed by atoms with E-state index in [1.54, 1.807) is 12.1 Å². The number of rotatable bonds is 4. The minimum Gasteiger partial charge on any atom is -0.386 e. The van der Waals surface area contributed by atoms with Crippen LogP contribution >= 0.6 is 0 Å². The average molecular weight is 275 g/mol. The van der Waals surface area contributed by atoms with Crippen LogP contribution in [0.15, 0.2) is 48.5 Å². The summed E-state index contributed by atoms with van der Waals surface area (Å²) in [6.45, 7) is -2.11. The third kappa shape index (κ3) is 3.40. The van der Waals surface area contributed by atoms with Crippen LogP contribution in [0.25, 0.3) is 0 Å². The van der Waals surface area contributed by atoms with Crippen LogP contribution in [-0.2, 0) is 5.60 Å². The van der Waals surface area contributed by atoms with E-state index in [2.05, 4.69) is 19.2 Å². The van der Waals surface area contributed by atoms with Crippen molar-refractivity contribution in [1.82, 2.24) is 0 Å². The first-order valence-electron chi connectivity index (χ1n) is 9.57. The molecule has 0 unspecified atom stereocenters. The molecule has 0 radical (unpaired) electrons. The second-order valence-corrected chi connectivity index (χ2v) is 5.16. The molecule has 2 aromatic rings. The quantitative estimate of drug-likeness (QED) is 0.841. The predicted molar refractivity (Wildman–Crippen MR) is 85.5 cm³/mol. The highest BCUT2D eigenvalue weighted by atomic mass is 16.3. The molecule has 20 heavy (non-hydrogen) atoms. The molecule has 0 aliphatic heterocycles. The monoisotopic (exact) mass is 275 g/mol. The van der Waals surface area contributed by atoms with Gasteiger partial charge in [0.2, 0.25) is 0 Å². The van der Waals surface area contributed by atoms with Crippen molar-refractivity contribution in [3.63, 3.8) is 0 Å². The highest BCUT2D eigenvalue weighted by molar-refractivity contribution is 5.64. The van der Waals surface area contributed by atoms with Crippen molar-refractivity contribution in [3.05, 3.63) is 59.7 Å². The van der Waals surface area contributed by atoms with E-state index in [-0.39, 0.29) is 11.3 Å². The molecule has 106 valence electrons. The predicted octanol–water partition coefficient (Wildman–Crippen LogP) is 4.78. The lowest BCUT2D eigenvalue weighted by Crippen LogP contribution is -2.17. The summed E-state index contributed by atoms with van der Waals surface area (Å²) < 4.78 is 45.8. The van der Waals surface area contributed by atoms with Gasteiger partial charge in [-0.15, -0.1) is 0 Å². The van der Waals surface area contributed by atoms with Gasteiger partial charge in [0.25, 0.3) is 0 Å². The second-order valence-electron chi connectivity index (χ2n) is 5.16. The van der Waals surface area contributed by atoms with Crippen molar-refractivity contribution in [3.8, 4) is 0 Å². The summed E-state index contributed by atoms with van der Waals surface area (Å²) in [7, 11) is 0. The standard InChI is InChI=1S/C18H23NO/c1-13(2)14-9-11-15(12-10-14)19-17-8-6-5-7-16(17)18(3,4)20/h5-13,19-20H,1-4H3/i3D3,4D3. The van der Waals surface area contributed by atoms with Crippen LogP contribution in [0, 0.1) is 0 Å². The fourth-order valence-corrected chi connectivity index (χ4v) is 2.01. The average Bonchev–Trinajstić information content (AvgIpc) is 2.53. The van der Waals surface area contributed by atoms with Gasteiger partial charge in [-0.25, -0.2) is 0 Å². The highest BCUT2D eigenvalue weighted by Gasteiger charge is 2.19. The Bertz CT molecular complexity index is 736. The SMILES string of the molecule is [2H]C([2H])([2H])C(O)(c1ccccc1Nc1ccc(C(C)C)cc1)C([2H])([2H])[2H]. The Morgan fingerprint density at radius 1 is 1.05 bits per heavy atom. The Kier molecular flexibility index (Phi) is 2.41. The highest BCUT2D eigenvalue weighted by Crippen LogP contribution is 2.30. The summed E-state index contributed by atoms with van der Waals surface area (Å²) in [5.74, 6) is 0.368. The topological polar surface area (TPSA) is 32.3 Å². The normalized spacial score (nSPS) is 17.4. The maximum absolute atomic E-state index is 10.8. The van der Waals surface area contributed by atoms with E-state index >= 15 is 0 Å². The van der Waals surface area contributed by atoms with E-state index in [1.807, 2.05) is 24.3 Å². The van der Waals surface area contributed by atoms with Crippen LogP contribution in [0.1, 0.15) is 52.8 Å². The summed E-state index contributed by atoms with van der Waals surface area (Å²) in [5.41, 5.74) is -1.13. The van der Waals surface area contributed by atoms with Crippen molar-refractivity contribution in [2.45, 2.75) is 39.1 Å². The fourth-order valence-electron chi connectivity index (χ4n) is 2.01. The Morgan fingerprint density at radius 3 is 2.30 bits per heavy atom. The molecule has 2 aromatic carbocycles. The number of hydrogen-bond acceptors (Lipinski definition) is 2. The van der Waals surface area contributed by atoms with Crippen LogP contribution in [0.4, 0.5) is 11.4 Å². The van der Waals surface area contributed by atoms with Crippen molar-refractivity contribution >= 4 is 11.4 Å². The zero-order valence-electron chi connectivity index (χ0n) is 17.6. The third-order valence-electron chi connectivity index (χ3n) is 3.17. The maximum atomic E-state index is 10.8. The Hall–Kier alpha value is -1.80.